The smallest absolute Gasteiger partial charge is 0.295 e. The zero-order chi connectivity index (χ0) is 23.0. The number of carbonyl (C=O) groups excluding carboxylic acids is 2. The molecule has 2 aromatic heterocycles. The maximum absolute atomic E-state index is 13.0. The van der Waals surface area contributed by atoms with E-state index >= 15 is 0 Å². The van der Waals surface area contributed by atoms with E-state index < -0.39 is 22.7 Å². The lowest BCUT2D eigenvalue weighted by Crippen LogP contribution is -2.32. The number of aryl methyl sites for hydroxylation is 1. The summed E-state index contributed by atoms with van der Waals surface area (Å²) in [7, 11) is 1.47. The molecule has 10 nitrogen and oxygen atoms in total. The van der Waals surface area contributed by atoms with Gasteiger partial charge in [-0.05, 0) is 36.8 Å². The van der Waals surface area contributed by atoms with Crippen molar-refractivity contribution in [3.05, 3.63) is 81.3 Å². The quantitative estimate of drug-likeness (QED) is 0.207. The Morgan fingerprint density at radius 1 is 1.22 bits per heavy atom. The highest BCUT2D eigenvalue weighted by Gasteiger charge is 2.46. The third-order valence-electron chi connectivity index (χ3n) is 5.42. The Balaban J connectivity index is 1.92. The number of Topliss-reactive ketones (excluding diaryl/α,β-unsaturated/α-hetero) is 1. The van der Waals surface area contributed by atoms with Crippen molar-refractivity contribution in [1.29, 1.82) is 0 Å². The fourth-order valence-corrected chi connectivity index (χ4v) is 3.95. The van der Waals surface area contributed by atoms with Crippen molar-refractivity contribution in [2.24, 2.45) is 0 Å². The van der Waals surface area contributed by atoms with Crippen LogP contribution >= 0.6 is 0 Å². The minimum atomic E-state index is -0.931. The molecule has 0 radical (unpaired) electrons. The van der Waals surface area contributed by atoms with Crippen LogP contribution in [-0.4, -0.2) is 56.3 Å². The highest BCUT2D eigenvalue weighted by atomic mass is 16.6. The maximum Gasteiger partial charge on any atom is 0.295 e. The van der Waals surface area contributed by atoms with E-state index in [2.05, 4.69) is 4.98 Å². The molecule has 1 N–H and O–H groups in total. The second-order valence-electron chi connectivity index (χ2n) is 7.31. The van der Waals surface area contributed by atoms with Crippen molar-refractivity contribution < 1.29 is 24.4 Å². The van der Waals surface area contributed by atoms with Gasteiger partial charge in [-0.25, -0.2) is 4.98 Å². The van der Waals surface area contributed by atoms with Crippen LogP contribution in [0.15, 0.2) is 54.2 Å². The summed E-state index contributed by atoms with van der Waals surface area (Å²) in [5.41, 5.74) is 1.59. The molecule has 1 amide bonds. The number of nitrogens with zero attached hydrogens (tertiary/aromatic N) is 4. The number of nitro groups is 1. The largest absolute Gasteiger partial charge is 0.505 e. The fourth-order valence-electron chi connectivity index (χ4n) is 3.95. The fraction of sp³-hybridized carbons (Fsp3) is 0.227. The lowest BCUT2D eigenvalue weighted by atomic mass is 9.96. The molecule has 32 heavy (non-hydrogen) atoms. The first-order valence-corrected chi connectivity index (χ1v) is 9.81. The summed E-state index contributed by atoms with van der Waals surface area (Å²) < 4.78 is 6.72. The molecule has 0 spiro atoms. The summed E-state index contributed by atoms with van der Waals surface area (Å²) in [5, 5.41) is 22.3. The van der Waals surface area contributed by atoms with Crippen molar-refractivity contribution in [3.8, 4) is 0 Å². The van der Waals surface area contributed by atoms with Crippen LogP contribution in [0.5, 0.6) is 0 Å². The molecule has 3 aromatic rings. The van der Waals surface area contributed by atoms with Gasteiger partial charge in [0.2, 0.25) is 0 Å². The van der Waals surface area contributed by atoms with E-state index in [9.17, 15) is 24.8 Å². The first kappa shape index (κ1) is 21.2. The van der Waals surface area contributed by atoms with Crippen LogP contribution in [0.2, 0.25) is 0 Å². The summed E-state index contributed by atoms with van der Waals surface area (Å²) in [6, 6.07) is 9.93. The summed E-state index contributed by atoms with van der Waals surface area (Å²) in [6.45, 7) is 1.97. The summed E-state index contributed by atoms with van der Waals surface area (Å²) in [5.74, 6) is -1.98. The molecule has 1 saturated heterocycles. The first-order valence-electron chi connectivity index (χ1n) is 9.81. The number of aromatic nitrogens is 2. The number of hydrogen-bond acceptors (Lipinski definition) is 7. The normalized spacial score (nSPS) is 17.9. The number of fused-ring (bicyclic) bond motifs is 1. The number of carbonyl (C=O) groups is 2. The van der Waals surface area contributed by atoms with Crippen LogP contribution < -0.4 is 0 Å². The monoisotopic (exact) mass is 436 g/mol. The Hall–Kier alpha value is -4.05. The van der Waals surface area contributed by atoms with Gasteiger partial charge in [0, 0.05) is 32.0 Å². The number of ketones is 1. The van der Waals surface area contributed by atoms with E-state index in [0.29, 0.717) is 22.6 Å². The van der Waals surface area contributed by atoms with E-state index in [1.54, 1.807) is 35.7 Å². The number of hydrogen-bond donors (Lipinski definition) is 1. The van der Waals surface area contributed by atoms with Crippen LogP contribution in [0.3, 0.4) is 0 Å². The number of aliphatic hydroxyl groups excluding tert-OH is 1. The average Bonchev–Trinajstić information content (AvgIpc) is 3.25. The zero-order valence-electron chi connectivity index (χ0n) is 17.4. The molecule has 1 aliphatic rings. The molecule has 1 unspecified atom stereocenters. The number of amides is 1. The number of pyridine rings is 1. The van der Waals surface area contributed by atoms with Gasteiger partial charge in [0.05, 0.1) is 28.8 Å². The number of imidazole rings is 1. The highest BCUT2D eigenvalue weighted by Crippen LogP contribution is 2.40. The minimum absolute atomic E-state index is 0.103. The molecule has 1 aliphatic heterocycles. The molecule has 1 aromatic carbocycles. The Morgan fingerprint density at radius 3 is 2.59 bits per heavy atom. The average molecular weight is 436 g/mol. The zero-order valence-corrected chi connectivity index (χ0v) is 17.4. The van der Waals surface area contributed by atoms with Gasteiger partial charge >= 0.3 is 0 Å². The molecule has 0 aliphatic carbocycles. The van der Waals surface area contributed by atoms with Gasteiger partial charge < -0.3 is 14.7 Å². The summed E-state index contributed by atoms with van der Waals surface area (Å²) in [4.78, 5) is 42.1. The van der Waals surface area contributed by atoms with Gasteiger partial charge in [0.15, 0.2) is 5.76 Å². The Morgan fingerprint density at radius 2 is 1.94 bits per heavy atom. The van der Waals surface area contributed by atoms with E-state index in [0.717, 1.165) is 0 Å². The number of aliphatic hydroxyl groups is 1. The van der Waals surface area contributed by atoms with E-state index in [1.807, 2.05) is 0 Å². The van der Waals surface area contributed by atoms with Gasteiger partial charge in [-0.3, -0.25) is 24.1 Å². The second kappa shape index (κ2) is 8.23. The van der Waals surface area contributed by atoms with E-state index in [4.69, 9.17) is 4.74 Å². The van der Waals surface area contributed by atoms with Gasteiger partial charge in [0.1, 0.15) is 11.3 Å². The molecule has 1 atom stereocenters. The molecular formula is C22H20N4O6. The van der Waals surface area contributed by atoms with Gasteiger partial charge in [0.25, 0.3) is 17.4 Å². The number of methoxy groups -OCH3 is 1. The number of non-ortho nitro benzene ring substituents is 1. The molecule has 10 heteroatoms. The molecule has 3 heterocycles. The van der Waals surface area contributed by atoms with Crippen LogP contribution in [0.25, 0.3) is 11.4 Å². The SMILES string of the molecule is COCCN1C(=O)C(=O)C(=C(O)c2c(C)nc3ccccn23)C1c1ccc([N+](=O)[O-])cc1. The Bertz CT molecular complexity index is 1260. The molecule has 164 valence electrons. The van der Waals surface area contributed by atoms with Crippen LogP contribution in [0, 0.1) is 17.0 Å². The molecule has 0 bridgehead atoms. The number of likely N-dealkylation sites (tertiary alicyclic amines) is 1. The predicted octanol–water partition coefficient (Wildman–Crippen LogP) is 2.62. The third-order valence-corrected chi connectivity index (χ3v) is 5.42. The lowest BCUT2D eigenvalue weighted by Gasteiger charge is -2.25. The van der Waals surface area contributed by atoms with Crippen molar-refractivity contribution in [2.45, 2.75) is 13.0 Å². The summed E-state index contributed by atoms with van der Waals surface area (Å²) in [6.07, 6.45) is 1.70. The maximum atomic E-state index is 13.0. The van der Waals surface area contributed by atoms with Crippen molar-refractivity contribution in [3.63, 3.8) is 0 Å². The predicted molar refractivity (Wildman–Crippen MR) is 114 cm³/mol. The van der Waals surface area contributed by atoms with Crippen LogP contribution in [0.1, 0.15) is 23.0 Å². The van der Waals surface area contributed by atoms with E-state index in [-0.39, 0.29) is 30.2 Å². The molecule has 1 fully saturated rings. The standard InChI is InChI=1S/C22H20N4O6/c1-13-18(24-10-4-3-5-16(24)23-13)20(27)17-19(14-6-8-15(9-7-14)26(30)31)25(11-12-32-2)22(29)21(17)28/h3-10,19,27H,11-12H2,1-2H3. The molecule has 0 saturated carbocycles. The second-order valence-corrected chi connectivity index (χ2v) is 7.31. The van der Waals surface area contributed by atoms with Crippen molar-refractivity contribution in [1.82, 2.24) is 14.3 Å². The third kappa shape index (κ3) is 3.40. The van der Waals surface area contributed by atoms with Gasteiger partial charge in [-0.2, -0.15) is 0 Å². The highest BCUT2D eigenvalue weighted by molar-refractivity contribution is 6.46. The van der Waals surface area contributed by atoms with Crippen molar-refractivity contribution in [2.75, 3.05) is 20.3 Å². The number of rotatable bonds is 6. The Labute approximate surface area is 182 Å². The topological polar surface area (TPSA) is 127 Å². The lowest BCUT2D eigenvalue weighted by molar-refractivity contribution is -0.384. The Kier molecular flexibility index (Phi) is 5.45. The van der Waals surface area contributed by atoms with E-state index in [1.165, 1.54) is 36.3 Å². The number of nitro benzene ring substituents is 1. The first-order chi connectivity index (χ1) is 15.3. The minimum Gasteiger partial charge on any atom is -0.505 e. The van der Waals surface area contributed by atoms with Gasteiger partial charge in [-0.1, -0.05) is 6.07 Å². The molecular weight excluding hydrogens is 416 g/mol. The number of benzene rings is 1. The van der Waals surface area contributed by atoms with Crippen molar-refractivity contribution >= 4 is 28.8 Å². The number of ether oxygens (including phenoxy) is 1. The molecule has 4 rings (SSSR count). The summed E-state index contributed by atoms with van der Waals surface area (Å²) >= 11 is 0. The van der Waals surface area contributed by atoms with Crippen LogP contribution in [0.4, 0.5) is 5.69 Å². The van der Waals surface area contributed by atoms with Gasteiger partial charge in [-0.15, -0.1) is 0 Å². The van der Waals surface area contributed by atoms with Crippen LogP contribution in [-0.2, 0) is 14.3 Å².